The van der Waals surface area contributed by atoms with Gasteiger partial charge in [-0.25, -0.2) is 9.37 Å². The number of likely N-dealkylation sites (N-methyl/N-ethyl adjacent to an activating group) is 1. The summed E-state index contributed by atoms with van der Waals surface area (Å²) in [6.07, 6.45) is 1.58. The molecule has 2 aromatic rings. The fourth-order valence-electron chi connectivity index (χ4n) is 4.83. The first-order chi connectivity index (χ1) is 14.9. The number of aliphatic hydroxyl groups excluding tert-OH is 1. The topological polar surface area (TPSA) is 65.9 Å². The molecular formula is C23H30FN3O3S. The van der Waals surface area contributed by atoms with Crippen LogP contribution in [0.25, 0.3) is 0 Å². The number of aromatic nitrogens is 1. The lowest BCUT2D eigenvalue weighted by atomic mass is 9.83. The highest BCUT2D eigenvalue weighted by molar-refractivity contribution is 7.07. The summed E-state index contributed by atoms with van der Waals surface area (Å²) in [6, 6.07) is 4.94. The Balaban J connectivity index is 1.43. The average Bonchev–Trinajstić information content (AvgIpc) is 3.37. The number of halogens is 1. The first-order valence-electron chi connectivity index (χ1n) is 10.8. The van der Waals surface area contributed by atoms with E-state index in [4.69, 9.17) is 4.74 Å². The van der Waals surface area contributed by atoms with Crippen molar-refractivity contribution in [1.82, 2.24) is 14.8 Å². The number of amides is 1. The third-order valence-corrected chi connectivity index (χ3v) is 7.05. The highest BCUT2D eigenvalue weighted by Gasteiger charge is 2.43. The minimum atomic E-state index is -0.566. The summed E-state index contributed by atoms with van der Waals surface area (Å²) in [7, 11) is 1.74. The Kier molecular flexibility index (Phi) is 6.71. The molecule has 4 rings (SSSR count). The number of benzene rings is 1. The van der Waals surface area contributed by atoms with E-state index in [9.17, 15) is 14.3 Å². The number of hydrogen-bond donors (Lipinski definition) is 1. The van der Waals surface area contributed by atoms with Gasteiger partial charge in [0, 0.05) is 45.0 Å². The highest BCUT2D eigenvalue weighted by atomic mass is 32.1. The molecule has 0 saturated carbocycles. The number of fused-ring (bicyclic) bond motifs is 2. The number of carbonyl (C=O) groups excluding carboxylic acids is 1. The lowest BCUT2D eigenvalue weighted by Crippen LogP contribution is -2.47. The van der Waals surface area contributed by atoms with Crippen LogP contribution >= 0.6 is 11.3 Å². The maximum Gasteiger partial charge on any atom is 0.227 e. The van der Waals surface area contributed by atoms with E-state index in [1.54, 1.807) is 30.4 Å². The number of ether oxygens (including phenoxy) is 1. The zero-order valence-electron chi connectivity index (χ0n) is 18.1. The van der Waals surface area contributed by atoms with Crippen molar-refractivity contribution < 1.29 is 19.0 Å². The maximum atomic E-state index is 13.9. The van der Waals surface area contributed by atoms with Gasteiger partial charge in [0.25, 0.3) is 0 Å². The van der Waals surface area contributed by atoms with Crippen molar-refractivity contribution >= 4 is 17.2 Å². The molecule has 1 aromatic carbocycles. The maximum absolute atomic E-state index is 13.9. The van der Waals surface area contributed by atoms with Gasteiger partial charge in [0.15, 0.2) is 0 Å². The smallest absolute Gasteiger partial charge is 0.227 e. The predicted octanol–water partition coefficient (Wildman–Crippen LogP) is 2.80. The van der Waals surface area contributed by atoms with Crippen LogP contribution in [-0.2, 0) is 28.2 Å². The number of piperidine rings is 1. The second-order valence-electron chi connectivity index (χ2n) is 8.83. The van der Waals surface area contributed by atoms with E-state index in [1.807, 2.05) is 11.4 Å². The van der Waals surface area contributed by atoms with Crippen molar-refractivity contribution in [3.05, 3.63) is 51.7 Å². The summed E-state index contributed by atoms with van der Waals surface area (Å²) in [5, 5.41) is 11.7. The Labute approximate surface area is 186 Å². The standard InChI is InChI=1S/C23H30FN3O3S/c1-16(28)11-26(2)22(29)18(9-20-14-31-15-25-20)12-27-7-5-23(6-8-27)21-10-19(24)4-3-17(21)13-30-23/h3-4,10,14-16,18,28H,5-9,11-13H2,1-2H3/t16-,18?/m1/s1. The molecule has 168 valence electrons. The van der Waals surface area contributed by atoms with Gasteiger partial charge in [-0.15, -0.1) is 11.3 Å². The molecule has 3 heterocycles. The lowest BCUT2D eigenvalue weighted by Gasteiger charge is -2.40. The number of likely N-dealkylation sites (tertiary alicyclic amines) is 1. The molecule has 0 bridgehead atoms. The van der Waals surface area contributed by atoms with Gasteiger partial charge in [-0.2, -0.15) is 0 Å². The van der Waals surface area contributed by atoms with Gasteiger partial charge in [0.1, 0.15) is 5.82 Å². The second-order valence-corrected chi connectivity index (χ2v) is 9.55. The van der Waals surface area contributed by atoms with Gasteiger partial charge in [-0.3, -0.25) is 4.79 Å². The van der Waals surface area contributed by atoms with Crippen LogP contribution in [0, 0.1) is 11.7 Å². The Morgan fingerprint density at radius 3 is 2.87 bits per heavy atom. The average molecular weight is 448 g/mol. The van der Waals surface area contributed by atoms with Crippen LogP contribution in [0.3, 0.4) is 0 Å². The van der Waals surface area contributed by atoms with E-state index in [0.29, 0.717) is 26.1 Å². The van der Waals surface area contributed by atoms with Gasteiger partial charge >= 0.3 is 0 Å². The van der Waals surface area contributed by atoms with Gasteiger partial charge in [0.2, 0.25) is 5.91 Å². The largest absolute Gasteiger partial charge is 0.392 e. The molecule has 0 aliphatic carbocycles. The molecule has 1 spiro atoms. The SMILES string of the molecule is C[C@@H](O)CN(C)C(=O)C(Cc1cscn1)CN1CCC2(CC1)OCc1ccc(F)cc12. The minimum Gasteiger partial charge on any atom is -0.392 e. The second kappa shape index (κ2) is 9.32. The van der Waals surface area contributed by atoms with E-state index in [1.165, 1.54) is 17.4 Å². The number of nitrogens with zero attached hydrogens (tertiary/aromatic N) is 3. The lowest BCUT2D eigenvalue weighted by molar-refractivity contribution is -0.136. The molecule has 1 unspecified atom stereocenters. The molecule has 2 atom stereocenters. The first-order valence-corrected chi connectivity index (χ1v) is 11.8. The number of thiazole rings is 1. The molecule has 6 nitrogen and oxygen atoms in total. The van der Waals surface area contributed by atoms with Crippen LogP contribution in [0.2, 0.25) is 0 Å². The molecule has 2 aliphatic heterocycles. The van der Waals surface area contributed by atoms with Crippen LogP contribution in [0.1, 0.15) is 36.6 Å². The molecule has 1 N–H and O–H groups in total. The first kappa shape index (κ1) is 22.3. The van der Waals surface area contributed by atoms with Crippen molar-refractivity contribution in [1.29, 1.82) is 0 Å². The van der Waals surface area contributed by atoms with E-state index < -0.39 is 11.7 Å². The van der Waals surface area contributed by atoms with Crippen LogP contribution in [0.4, 0.5) is 4.39 Å². The van der Waals surface area contributed by atoms with Gasteiger partial charge in [-0.1, -0.05) is 6.07 Å². The molecule has 0 radical (unpaired) electrons. The van der Waals surface area contributed by atoms with Gasteiger partial charge < -0.3 is 19.6 Å². The summed E-state index contributed by atoms with van der Waals surface area (Å²) in [4.78, 5) is 21.4. The summed E-state index contributed by atoms with van der Waals surface area (Å²) < 4.78 is 20.0. The quantitative estimate of drug-likeness (QED) is 0.707. The third-order valence-electron chi connectivity index (χ3n) is 6.41. The summed E-state index contributed by atoms with van der Waals surface area (Å²) in [5.41, 5.74) is 4.36. The Morgan fingerprint density at radius 2 is 2.19 bits per heavy atom. The molecular weight excluding hydrogens is 417 g/mol. The zero-order valence-corrected chi connectivity index (χ0v) is 18.9. The molecule has 31 heavy (non-hydrogen) atoms. The Morgan fingerprint density at radius 1 is 1.42 bits per heavy atom. The van der Waals surface area contributed by atoms with Crippen LogP contribution < -0.4 is 0 Å². The number of aliphatic hydroxyl groups is 1. The van der Waals surface area contributed by atoms with Gasteiger partial charge in [-0.05, 0) is 43.0 Å². The summed E-state index contributed by atoms with van der Waals surface area (Å²) in [5.74, 6) is -0.422. The van der Waals surface area contributed by atoms with Gasteiger partial charge in [0.05, 0.1) is 35.4 Å². The predicted molar refractivity (Wildman–Crippen MR) is 117 cm³/mol. The normalized spacial score (nSPS) is 19.9. The number of hydrogen-bond acceptors (Lipinski definition) is 6. The zero-order chi connectivity index (χ0) is 22.0. The molecule has 1 aromatic heterocycles. The molecule has 8 heteroatoms. The fraction of sp³-hybridized carbons (Fsp3) is 0.565. The number of carbonyl (C=O) groups is 1. The van der Waals surface area contributed by atoms with E-state index in [2.05, 4.69) is 9.88 Å². The Hall–Kier alpha value is -1.87. The van der Waals surface area contributed by atoms with E-state index in [-0.39, 0.29) is 17.6 Å². The minimum absolute atomic E-state index is 0.0266. The molecule has 1 saturated heterocycles. The molecule has 1 fully saturated rings. The van der Waals surface area contributed by atoms with Crippen molar-refractivity contribution in [2.75, 3.05) is 33.2 Å². The summed E-state index contributed by atoms with van der Waals surface area (Å²) in [6.45, 7) is 4.74. The van der Waals surface area contributed by atoms with E-state index in [0.717, 1.165) is 42.8 Å². The van der Waals surface area contributed by atoms with Crippen LogP contribution in [0.15, 0.2) is 29.1 Å². The molecule has 1 amide bonds. The van der Waals surface area contributed by atoms with E-state index >= 15 is 0 Å². The van der Waals surface area contributed by atoms with Crippen molar-refractivity contribution in [3.8, 4) is 0 Å². The third kappa shape index (κ3) is 4.98. The fourth-order valence-corrected chi connectivity index (χ4v) is 5.40. The van der Waals surface area contributed by atoms with Crippen LogP contribution in [-0.4, -0.2) is 65.1 Å². The molecule has 2 aliphatic rings. The summed E-state index contributed by atoms with van der Waals surface area (Å²) >= 11 is 1.53. The Bertz CT molecular complexity index is 897. The monoisotopic (exact) mass is 447 g/mol. The van der Waals surface area contributed by atoms with Crippen molar-refractivity contribution in [2.24, 2.45) is 5.92 Å². The van der Waals surface area contributed by atoms with Crippen molar-refractivity contribution in [3.63, 3.8) is 0 Å². The highest BCUT2D eigenvalue weighted by Crippen LogP contribution is 2.44. The van der Waals surface area contributed by atoms with Crippen molar-refractivity contribution in [2.45, 2.75) is 44.5 Å². The number of rotatable bonds is 7. The van der Waals surface area contributed by atoms with Crippen LogP contribution in [0.5, 0.6) is 0 Å².